The third-order valence-corrected chi connectivity index (χ3v) is 3.82. The van der Waals surface area contributed by atoms with Crippen LogP contribution in [0.5, 0.6) is 5.75 Å². The van der Waals surface area contributed by atoms with E-state index in [9.17, 15) is 18.7 Å². The van der Waals surface area contributed by atoms with E-state index in [1.54, 1.807) is 12.0 Å². The van der Waals surface area contributed by atoms with Crippen molar-refractivity contribution in [2.24, 2.45) is 5.92 Å². The van der Waals surface area contributed by atoms with Crippen LogP contribution in [-0.4, -0.2) is 48.6 Å². The zero-order valence-electron chi connectivity index (χ0n) is 11.8. The Labute approximate surface area is 122 Å². The number of rotatable bonds is 6. The van der Waals surface area contributed by atoms with E-state index in [0.717, 1.165) is 11.3 Å². The second-order valence-corrected chi connectivity index (χ2v) is 5.23. The molecule has 1 heterocycles. The lowest BCUT2D eigenvalue weighted by Crippen LogP contribution is -2.32. The molecular formula is C15H19F2NO3. The molecule has 1 N–H and O–H groups in total. The van der Waals surface area contributed by atoms with Gasteiger partial charge in [0.25, 0.3) is 6.43 Å². The van der Waals surface area contributed by atoms with Crippen LogP contribution in [0.2, 0.25) is 0 Å². The number of aliphatic hydroxyl groups excluding tert-OH is 1. The molecule has 6 heteroatoms. The molecule has 2 rings (SSSR count). The number of alkyl halides is 2. The van der Waals surface area contributed by atoms with Gasteiger partial charge in [0.15, 0.2) is 0 Å². The van der Waals surface area contributed by atoms with Gasteiger partial charge in [0.05, 0.1) is 7.11 Å². The van der Waals surface area contributed by atoms with Crippen LogP contribution >= 0.6 is 0 Å². The van der Waals surface area contributed by atoms with Crippen molar-refractivity contribution in [3.8, 4) is 5.75 Å². The van der Waals surface area contributed by atoms with Gasteiger partial charge in [-0.2, -0.15) is 0 Å². The van der Waals surface area contributed by atoms with Crippen LogP contribution in [0.3, 0.4) is 0 Å². The second-order valence-electron chi connectivity index (χ2n) is 5.23. The Morgan fingerprint density at radius 3 is 2.62 bits per heavy atom. The van der Waals surface area contributed by atoms with E-state index >= 15 is 0 Å². The summed E-state index contributed by atoms with van der Waals surface area (Å²) in [5.74, 6) is -0.0855. The van der Waals surface area contributed by atoms with E-state index in [4.69, 9.17) is 4.74 Å². The van der Waals surface area contributed by atoms with Crippen LogP contribution in [0.15, 0.2) is 24.3 Å². The maximum absolute atomic E-state index is 12.5. The lowest BCUT2D eigenvalue weighted by molar-refractivity contribution is -0.127. The molecule has 0 aliphatic carbocycles. The highest BCUT2D eigenvalue weighted by molar-refractivity contribution is 5.78. The average Bonchev–Trinajstić information content (AvgIpc) is 2.85. The van der Waals surface area contributed by atoms with E-state index in [0.29, 0.717) is 13.0 Å². The third-order valence-electron chi connectivity index (χ3n) is 3.82. The highest BCUT2D eigenvalue weighted by Crippen LogP contribution is 2.24. The fourth-order valence-corrected chi connectivity index (χ4v) is 2.51. The molecular weight excluding hydrogens is 280 g/mol. The maximum Gasteiger partial charge on any atom is 0.264 e. The molecule has 1 amide bonds. The molecule has 0 radical (unpaired) electrons. The maximum atomic E-state index is 12.5. The van der Waals surface area contributed by atoms with Gasteiger partial charge >= 0.3 is 0 Å². The summed E-state index contributed by atoms with van der Waals surface area (Å²) in [5.41, 5.74) is 1.04. The number of nitrogens with zero attached hydrogens (tertiary/aromatic N) is 1. The van der Waals surface area contributed by atoms with Gasteiger partial charge in [0.1, 0.15) is 11.9 Å². The minimum atomic E-state index is -2.80. The highest BCUT2D eigenvalue weighted by Gasteiger charge is 2.37. The van der Waals surface area contributed by atoms with Crippen molar-refractivity contribution in [2.75, 3.05) is 20.2 Å². The van der Waals surface area contributed by atoms with Crippen molar-refractivity contribution in [3.63, 3.8) is 0 Å². The summed E-state index contributed by atoms with van der Waals surface area (Å²) >= 11 is 0. The van der Waals surface area contributed by atoms with Gasteiger partial charge in [-0.05, 0) is 24.1 Å². The summed E-state index contributed by atoms with van der Waals surface area (Å²) in [4.78, 5) is 13.3. The predicted molar refractivity (Wildman–Crippen MR) is 73.4 cm³/mol. The Balaban J connectivity index is 1.87. The first-order valence-corrected chi connectivity index (χ1v) is 6.88. The first kappa shape index (κ1) is 15.7. The molecule has 1 aliphatic rings. The number of likely N-dealkylation sites (tertiary alicyclic amines) is 1. The summed E-state index contributed by atoms with van der Waals surface area (Å²) in [6.07, 6.45) is -3.88. The van der Waals surface area contributed by atoms with Gasteiger partial charge < -0.3 is 14.7 Å². The number of aliphatic hydroxyl groups is 1. The average molecular weight is 299 g/mol. The van der Waals surface area contributed by atoms with Gasteiger partial charge in [-0.1, -0.05) is 12.1 Å². The Morgan fingerprint density at radius 2 is 2.05 bits per heavy atom. The Bertz CT molecular complexity index is 478. The summed E-state index contributed by atoms with van der Waals surface area (Å²) in [6.45, 7) is 0.665. The molecule has 1 saturated heterocycles. The second kappa shape index (κ2) is 6.85. The minimum Gasteiger partial charge on any atom is -0.497 e. The Kier molecular flexibility index (Phi) is 5.12. The molecule has 2 atom stereocenters. The number of hydrogen-bond donors (Lipinski definition) is 1. The fraction of sp³-hybridized carbons (Fsp3) is 0.533. The lowest BCUT2D eigenvalue weighted by Gasteiger charge is -2.19. The zero-order valence-corrected chi connectivity index (χ0v) is 11.8. The van der Waals surface area contributed by atoms with Crippen LogP contribution in [0.4, 0.5) is 8.78 Å². The summed E-state index contributed by atoms with van der Waals surface area (Å²) < 4.78 is 30.0. The van der Waals surface area contributed by atoms with Crippen LogP contribution < -0.4 is 4.74 Å². The minimum absolute atomic E-state index is 0.00583. The van der Waals surface area contributed by atoms with Gasteiger partial charge in [-0.25, -0.2) is 8.78 Å². The van der Waals surface area contributed by atoms with Crippen molar-refractivity contribution in [1.82, 2.24) is 4.90 Å². The number of hydrogen-bond acceptors (Lipinski definition) is 3. The topological polar surface area (TPSA) is 49.8 Å². The van der Waals surface area contributed by atoms with Crippen molar-refractivity contribution in [1.29, 1.82) is 0 Å². The molecule has 1 aromatic carbocycles. The molecule has 1 aliphatic heterocycles. The Hall–Kier alpha value is -1.69. The van der Waals surface area contributed by atoms with E-state index < -0.39 is 18.4 Å². The van der Waals surface area contributed by atoms with Crippen molar-refractivity contribution >= 4 is 5.91 Å². The third kappa shape index (κ3) is 3.91. The van der Waals surface area contributed by atoms with Crippen molar-refractivity contribution in [2.45, 2.75) is 25.4 Å². The number of amides is 1. The van der Waals surface area contributed by atoms with Crippen LogP contribution in [-0.2, 0) is 11.2 Å². The number of carbonyl (C=O) groups excluding carboxylic acids is 1. The fourth-order valence-electron chi connectivity index (χ4n) is 2.51. The predicted octanol–water partition coefficient (Wildman–Crippen LogP) is 1.71. The number of halogens is 2. The number of carbonyl (C=O) groups is 1. The molecule has 0 bridgehead atoms. The van der Waals surface area contributed by atoms with Crippen molar-refractivity contribution < 1.29 is 23.4 Å². The lowest BCUT2D eigenvalue weighted by atomic mass is 10.0. The summed E-state index contributed by atoms with van der Waals surface area (Å²) in [7, 11) is 1.59. The van der Waals surface area contributed by atoms with Crippen molar-refractivity contribution in [3.05, 3.63) is 29.8 Å². The number of ether oxygens (including phenoxy) is 1. The number of methoxy groups -OCH3 is 1. The van der Waals surface area contributed by atoms with E-state index in [1.807, 2.05) is 24.3 Å². The Morgan fingerprint density at radius 1 is 1.38 bits per heavy atom. The smallest absolute Gasteiger partial charge is 0.264 e. The van der Waals surface area contributed by atoms with Crippen LogP contribution in [0, 0.1) is 5.92 Å². The van der Waals surface area contributed by atoms with Gasteiger partial charge in [0, 0.05) is 25.4 Å². The molecule has 1 fully saturated rings. The van der Waals surface area contributed by atoms with E-state index in [-0.39, 0.29) is 18.9 Å². The molecule has 4 nitrogen and oxygen atoms in total. The van der Waals surface area contributed by atoms with Gasteiger partial charge in [-0.3, -0.25) is 4.79 Å². The molecule has 1 unspecified atom stereocenters. The monoisotopic (exact) mass is 299 g/mol. The van der Waals surface area contributed by atoms with Gasteiger partial charge in [0.2, 0.25) is 5.91 Å². The molecule has 0 saturated carbocycles. The molecule has 21 heavy (non-hydrogen) atoms. The van der Waals surface area contributed by atoms with Crippen LogP contribution in [0.25, 0.3) is 0 Å². The first-order valence-electron chi connectivity index (χ1n) is 6.88. The number of benzene rings is 1. The highest BCUT2D eigenvalue weighted by atomic mass is 19.3. The van der Waals surface area contributed by atoms with Crippen LogP contribution in [0.1, 0.15) is 12.0 Å². The molecule has 0 spiro atoms. The van der Waals surface area contributed by atoms with Gasteiger partial charge in [-0.15, -0.1) is 0 Å². The van der Waals surface area contributed by atoms with E-state index in [1.165, 1.54) is 0 Å². The quantitative estimate of drug-likeness (QED) is 0.870. The van der Waals surface area contributed by atoms with E-state index in [2.05, 4.69) is 0 Å². The zero-order chi connectivity index (χ0) is 15.4. The summed E-state index contributed by atoms with van der Waals surface area (Å²) in [5, 5.41) is 9.36. The standard InChI is InChI=1S/C15H19F2NO3/c1-21-12-4-2-10(3-5-12)6-7-18-9-11(8-13(18)19)14(20)15(16)17/h2-5,11,14-15,20H,6-9H2,1H3/t11?,14-/m1/s1. The molecule has 1 aromatic rings. The summed E-state index contributed by atoms with van der Waals surface area (Å²) in [6, 6.07) is 7.49. The first-order chi connectivity index (χ1) is 10.0. The molecule has 0 aromatic heterocycles. The SMILES string of the molecule is COc1ccc(CCN2CC([C@@H](O)C(F)F)CC2=O)cc1. The largest absolute Gasteiger partial charge is 0.497 e. The molecule has 116 valence electrons. The normalized spacial score (nSPS) is 20.1.